The minimum absolute atomic E-state index is 0.0163. The number of H-pyrrole nitrogens is 1. The lowest BCUT2D eigenvalue weighted by atomic mass is 10.3. The number of aromatic amines is 1. The molecule has 0 bridgehead atoms. The van der Waals surface area contributed by atoms with Gasteiger partial charge in [0, 0.05) is 6.20 Å². The van der Waals surface area contributed by atoms with Crippen molar-refractivity contribution in [3.63, 3.8) is 0 Å². The molecular formula is C11H10ClN5O. The molecule has 6 nitrogen and oxygen atoms in total. The molecule has 0 saturated heterocycles. The Morgan fingerprint density at radius 2 is 2.33 bits per heavy atom. The van der Waals surface area contributed by atoms with E-state index in [4.69, 9.17) is 11.6 Å². The number of hydrazone groups is 1. The van der Waals surface area contributed by atoms with Crippen molar-refractivity contribution in [2.45, 2.75) is 6.92 Å². The van der Waals surface area contributed by atoms with Crippen molar-refractivity contribution in [3.8, 4) is 0 Å². The van der Waals surface area contributed by atoms with Gasteiger partial charge in [0.1, 0.15) is 10.7 Å². The highest BCUT2D eigenvalue weighted by Gasteiger charge is 2.04. The number of pyridine rings is 1. The van der Waals surface area contributed by atoms with Gasteiger partial charge in [-0.2, -0.15) is 10.2 Å². The summed E-state index contributed by atoms with van der Waals surface area (Å²) >= 11 is 5.79. The monoisotopic (exact) mass is 263 g/mol. The van der Waals surface area contributed by atoms with Gasteiger partial charge in [-0.15, -0.1) is 0 Å². The Balaban J connectivity index is 2.21. The Morgan fingerprint density at radius 1 is 1.50 bits per heavy atom. The van der Waals surface area contributed by atoms with Crippen molar-refractivity contribution in [2.24, 2.45) is 5.10 Å². The summed E-state index contributed by atoms with van der Waals surface area (Å²) in [6.45, 7) is 1.80. The van der Waals surface area contributed by atoms with Crippen molar-refractivity contribution < 1.29 is 0 Å². The van der Waals surface area contributed by atoms with E-state index in [0.717, 1.165) is 5.69 Å². The highest BCUT2D eigenvalue weighted by atomic mass is 35.5. The van der Waals surface area contributed by atoms with Crippen LogP contribution in [0.1, 0.15) is 12.6 Å². The predicted octanol–water partition coefficient (Wildman–Crippen LogP) is 1.65. The Bertz CT molecular complexity index is 623. The molecule has 7 heteroatoms. The average molecular weight is 264 g/mol. The van der Waals surface area contributed by atoms with Crippen LogP contribution in [-0.2, 0) is 0 Å². The number of halogens is 1. The summed E-state index contributed by atoms with van der Waals surface area (Å²) in [5.74, 6) is 0. The Morgan fingerprint density at radius 3 is 3.06 bits per heavy atom. The van der Waals surface area contributed by atoms with E-state index in [9.17, 15) is 4.79 Å². The third kappa shape index (κ3) is 2.72. The zero-order chi connectivity index (χ0) is 13.0. The van der Waals surface area contributed by atoms with Crippen molar-refractivity contribution >= 4 is 23.0 Å². The summed E-state index contributed by atoms with van der Waals surface area (Å²) in [6.07, 6.45) is 3.06. The molecule has 92 valence electrons. The fourth-order valence-corrected chi connectivity index (χ4v) is 1.37. The normalized spacial score (nSPS) is 11.3. The molecule has 0 aliphatic carbocycles. The van der Waals surface area contributed by atoms with Gasteiger partial charge in [-0.3, -0.25) is 15.2 Å². The van der Waals surface area contributed by atoms with Crippen molar-refractivity contribution in [1.29, 1.82) is 0 Å². The minimum Gasteiger partial charge on any atom is -0.275 e. The second-order valence-corrected chi connectivity index (χ2v) is 3.83. The van der Waals surface area contributed by atoms with Crippen molar-refractivity contribution in [2.75, 3.05) is 5.43 Å². The number of nitrogens with zero attached hydrogens (tertiary/aromatic N) is 3. The van der Waals surface area contributed by atoms with E-state index >= 15 is 0 Å². The average Bonchev–Trinajstić information content (AvgIpc) is 2.41. The maximum atomic E-state index is 11.2. The maximum Gasteiger partial charge on any atom is 0.285 e. The van der Waals surface area contributed by atoms with Crippen LogP contribution in [0.15, 0.2) is 40.5 Å². The topological polar surface area (TPSA) is 83.0 Å². The van der Waals surface area contributed by atoms with E-state index in [2.05, 4.69) is 25.7 Å². The molecule has 0 atom stereocenters. The van der Waals surface area contributed by atoms with Crippen LogP contribution >= 0.6 is 11.6 Å². The quantitative estimate of drug-likeness (QED) is 0.652. The summed E-state index contributed by atoms with van der Waals surface area (Å²) < 4.78 is 0. The van der Waals surface area contributed by atoms with Gasteiger partial charge < -0.3 is 0 Å². The van der Waals surface area contributed by atoms with Gasteiger partial charge in [0.15, 0.2) is 0 Å². The second kappa shape index (κ2) is 5.42. The molecule has 0 aliphatic heterocycles. The molecule has 2 aromatic heterocycles. The zero-order valence-electron chi connectivity index (χ0n) is 9.51. The van der Waals surface area contributed by atoms with E-state index in [1.54, 1.807) is 13.1 Å². The Hall–Kier alpha value is -2.21. The van der Waals surface area contributed by atoms with Gasteiger partial charge in [-0.05, 0) is 19.1 Å². The Labute approximate surface area is 108 Å². The molecule has 18 heavy (non-hydrogen) atoms. The summed E-state index contributed by atoms with van der Waals surface area (Å²) in [7, 11) is 0. The van der Waals surface area contributed by atoms with Crippen LogP contribution in [0.25, 0.3) is 0 Å². The lowest BCUT2D eigenvalue weighted by molar-refractivity contribution is 0.986. The molecular weight excluding hydrogens is 254 g/mol. The summed E-state index contributed by atoms with van der Waals surface area (Å²) in [5.41, 5.74) is 3.97. The van der Waals surface area contributed by atoms with E-state index < -0.39 is 5.56 Å². The first-order valence-corrected chi connectivity index (χ1v) is 5.51. The fraction of sp³-hybridized carbons (Fsp3) is 0.0909. The third-order valence-electron chi connectivity index (χ3n) is 2.18. The standard InChI is InChI=1S/C11H10ClN5O/c1-7(8-4-2-3-5-13-8)15-16-9-6-14-17-11(18)10(9)12/h2-6H,1H3,(H2,16,17,18)/b15-7-. The van der Waals surface area contributed by atoms with E-state index in [1.165, 1.54) is 6.20 Å². The fourth-order valence-electron chi connectivity index (χ4n) is 1.24. The summed E-state index contributed by atoms with van der Waals surface area (Å²) in [6, 6.07) is 5.52. The van der Waals surface area contributed by atoms with Gasteiger partial charge in [0.05, 0.1) is 17.6 Å². The van der Waals surface area contributed by atoms with Gasteiger partial charge in [-0.1, -0.05) is 17.7 Å². The number of hydrogen-bond acceptors (Lipinski definition) is 5. The first kappa shape index (κ1) is 12.3. The number of rotatable bonds is 3. The van der Waals surface area contributed by atoms with Gasteiger partial charge >= 0.3 is 0 Å². The minimum atomic E-state index is -0.465. The molecule has 0 aliphatic rings. The van der Waals surface area contributed by atoms with Crippen LogP contribution in [0, 0.1) is 0 Å². The first-order valence-electron chi connectivity index (χ1n) is 5.13. The molecule has 2 aromatic rings. The molecule has 2 rings (SSSR count). The molecule has 0 unspecified atom stereocenters. The molecule has 0 radical (unpaired) electrons. The number of anilines is 1. The smallest absolute Gasteiger partial charge is 0.275 e. The van der Waals surface area contributed by atoms with Crippen LogP contribution in [0.2, 0.25) is 5.02 Å². The number of nitrogens with one attached hydrogen (secondary N) is 2. The Kier molecular flexibility index (Phi) is 3.69. The first-order chi connectivity index (χ1) is 8.68. The van der Waals surface area contributed by atoms with E-state index in [-0.39, 0.29) is 5.02 Å². The lowest BCUT2D eigenvalue weighted by Gasteiger charge is -2.03. The van der Waals surface area contributed by atoms with Gasteiger partial charge in [-0.25, -0.2) is 5.10 Å². The predicted molar refractivity (Wildman–Crippen MR) is 69.9 cm³/mol. The highest BCUT2D eigenvalue weighted by molar-refractivity contribution is 6.32. The molecule has 0 aromatic carbocycles. The molecule has 0 fully saturated rings. The van der Waals surface area contributed by atoms with Gasteiger partial charge in [0.2, 0.25) is 0 Å². The molecule has 2 heterocycles. The van der Waals surface area contributed by atoms with E-state index in [1.807, 2.05) is 18.2 Å². The highest BCUT2D eigenvalue weighted by Crippen LogP contribution is 2.14. The number of hydrogen-bond donors (Lipinski definition) is 2. The third-order valence-corrected chi connectivity index (χ3v) is 2.55. The van der Waals surface area contributed by atoms with Gasteiger partial charge in [0.25, 0.3) is 5.56 Å². The summed E-state index contributed by atoms with van der Waals surface area (Å²) in [5, 5.41) is 9.96. The molecule has 0 spiro atoms. The van der Waals surface area contributed by atoms with Crippen LogP contribution in [-0.4, -0.2) is 20.9 Å². The van der Waals surface area contributed by atoms with E-state index in [0.29, 0.717) is 11.4 Å². The van der Waals surface area contributed by atoms with Crippen LogP contribution in [0.4, 0.5) is 5.69 Å². The van der Waals surface area contributed by atoms with Crippen LogP contribution < -0.4 is 11.0 Å². The largest absolute Gasteiger partial charge is 0.285 e. The molecule has 0 amide bonds. The molecule has 2 N–H and O–H groups in total. The van der Waals surface area contributed by atoms with Crippen LogP contribution in [0.5, 0.6) is 0 Å². The SMILES string of the molecule is C/C(=N/Nc1cn[nH]c(=O)c1Cl)c1ccccn1. The molecule has 0 saturated carbocycles. The van der Waals surface area contributed by atoms with Crippen LogP contribution in [0.3, 0.4) is 0 Å². The second-order valence-electron chi connectivity index (χ2n) is 3.45. The van der Waals surface area contributed by atoms with Crippen molar-refractivity contribution in [3.05, 3.63) is 51.7 Å². The maximum absolute atomic E-state index is 11.2. The number of aromatic nitrogens is 3. The lowest BCUT2D eigenvalue weighted by Crippen LogP contribution is -2.11. The summed E-state index contributed by atoms with van der Waals surface area (Å²) in [4.78, 5) is 15.3. The zero-order valence-corrected chi connectivity index (χ0v) is 10.3. The van der Waals surface area contributed by atoms with Crippen molar-refractivity contribution in [1.82, 2.24) is 15.2 Å².